The second-order valence-corrected chi connectivity index (χ2v) is 6.17. The van der Waals surface area contributed by atoms with Crippen LogP contribution in [0, 0.1) is 18.8 Å². The number of hydrogen-bond acceptors (Lipinski definition) is 3. The fourth-order valence-electron chi connectivity index (χ4n) is 2.77. The number of nitrogens with one attached hydrogen (secondary N) is 1. The standard InChI is InChI=1S/C18H29NO2/c1-4-9-19-11-18-10-17(15(3)21-18)13-20-12-16-8-6-5-7-14(16)2/h5-6,10,14,16,19H,4,7-9,11-13H2,1-3H3. The number of furan rings is 1. The number of allylic oxidation sites excluding steroid dienone is 2. The maximum absolute atomic E-state index is 5.94. The van der Waals surface area contributed by atoms with Crippen molar-refractivity contribution in [2.75, 3.05) is 13.2 Å². The van der Waals surface area contributed by atoms with Crippen LogP contribution in [0.1, 0.15) is 50.2 Å². The highest BCUT2D eigenvalue weighted by Gasteiger charge is 2.18. The molecule has 3 heteroatoms. The third kappa shape index (κ3) is 5.01. The molecule has 0 radical (unpaired) electrons. The normalized spacial score (nSPS) is 21.9. The predicted molar refractivity (Wildman–Crippen MR) is 86.1 cm³/mol. The van der Waals surface area contributed by atoms with Gasteiger partial charge in [-0.05, 0) is 50.6 Å². The molecule has 0 spiro atoms. The van der Waals surface area contributed by atoms with Crippen molar-refractivity contribution >= 4 is 0 Å². The van der Waals surface area contributed by atoms with Gasteiger partial charge in [-0.1, -0.05) is 26.0 Å². The van der Waals surface area contributed by atoms with Gasteiger partial charge in [0.1, 0.15) is 11.5 Å². The van der Waals surface area contributed by atoms with E-state index in [0.29, 0.717) is 12.5 Å². The molecule has 21 heavy (non-hydrogen) atoms. The first kappa shape index (κ1) is 16.3. The zero-order valence-corrected chi connectivity index (χ0v) is 13.7. The quantitative estimate of drug-likeness (QED) is 0.575. The molecule has 118 valence electrons. The van der Waals surface area contributed by atoms with E-state index >= 15 is 0 Å². The van der Waals surface area contributed by atoms with Gasteiger partial charge in [-0.25, -0.2) is 0 Å². The molecule has 1 aromatic heterocycles. The van der Waals surface area contributed by atoms with Gasteiger partial charge in [-0.15, -0.1) is 0 Å². The number of rotatable bonds is 8. The minimum atomic E-state index is 0.660. The SMILES string of the molecule is CCCNCc1cc(COCC2CC=CCC2C)c(C)o1. The van der Waals surface area contributed by atoms with Gasteiger partial charge in [0.15, 0.2) is 0 Å². The van der Waals surface area contributed by atoms with Gasteiger partial charge in [-0.2, -0.15) is 0 Å². The number of hydrogen-bond donors (Lipinski definition) is 1. The van der Waals surface area contributed by atoms with Crippen molar-refractivity contribution in [1.82, 2.24) is 5.32 Å². The van der Waals surface area contributed by atoms with Crippen molar-refractivity contribution in [3.63, 3.8) is 0 Å². The van der Waals surface area contributed by atoms with Crippen molar-refractivity contribution in [2.24, 2.45) is 11.8 Å². The van der Waals surface area contributed by atoms with E-state index in [4.69, 9.17) is 9.15 Å². The average molecular weight is 291 g/mol. The number of aryl methyl sites for hydroxylation is 1. The molecule has 0 saturated carbocycles. The Labute approximate surface area is 128 Å². The van der Waals surface area contributed by atoms with Crippen molar-refractivity contribution in [3.8, 4) is 0 Å². The molecular weight excluding hydrogens is 262 g/mol. The van der Waals surface area contributed by atoms with E-state index in [1.807, 2.05) is 6.92 Å². The Morgan fingerprint density at radius 3 is 2.90 bits per heavy atom. The zero-order valence-electron chi connectivity index (χ0n) is 13.7. The zero-order chi connectivity index (χ0) is 15.1. The molecule has 1 heterocycles. The second kappa shape index (κ2) is 8.40. The topological polar surface area (TPSA) is 34.4 Å². The highest BCUT2D eigenvalue weighted by Crippen LogP contribution is 2.25. The van der Waals surface area contributed by atoms with Crippen LogP contribution in [0.15, 0.2) is 22.6 Å². The summed E-state index contributed by atoms with van der Waals surface area (Å²) in [7, 11) is 0. The summed E-state index contributed by atoms with van der Waals surface area (Å²) in [6, 6.07) is 2.13. The van der Waals surface area contributed by atoms with Crippen LogP contribution >= 0.6 is 0 Å². The molecule has 0 saturated heterocycles. The average Bonchev–Trinajstić information content (AvgIpc) is 2.82. The highest BCUT2D eigenvalue weighted by atomic mass is 16.5. The molecule has 0 bridgehead atoms. The van der Waals surface area contributed by atoms with Crippen molar-refractivity contribution in [2.45, 2.75) is 53.2 Å². The molecule has 0 amide bonds. The number of ether oxygens (including phenoxy) is 1. The Kier molecular flexibility index (Phi) is 6.52. The lowest BCUT2D eigenvalue weighted by Gasteiger charge is -2.24. The lowest BCUT2D eigenvalue weighted by atomic mass is 9.85. The monoisotopic (exact) mass is 291 g/mol. The van der Waals surface area contributed by atoms with Crippen LogP contribution in [0.25, 0.3) is 0 Å². The van der Waals surface area contributed by atoms with Crippen LogP contribution in [0.3, 0.4) is 0 Å². The molecule has 0 fully saturated rings. The van der Waals surface area contributed by atoms with Gasteiger partial charge < -0.3 is 14.5 Å². The molecular formula is C18H29NO2. The van der Waals surface area contributed by atoms with E-state index in [2.05, 4.69) is 37.4 Å². The van der Waals surface area contributed by atoms with Crippen LogP contribution < -0.4 is 5.32 Å². The summed E-state index contributed by atoms with van der Waals surface area (Å²) in [4.78, 5) is 0. The summed E-state index contributed by atoms with van der Waals surface area (Å²) >= 11 is 0. The largest absolute Gasteiger partial charge is 0.465 e. The Balaban J connectivity index is 1.76. The van der Waals surface area contributed by atoms with E-state index in [1.54, 1.807) is 0 Å². The molecule has 1 N–H and O–H groups in total. The Morgan fingerprint density at radius 1 is 1.33 bits per heavy atom. The fourth-order valence-corrected chi connectivity index (χ4v) is 2.77. The molecule has 1 aromatic rings. The molecule has 3 nitrogen and oxygen atoms in total. The molecule has 0 aromatic carbocycles. The van der Waals surface area contributed by atoms with Crippen LogP contribution in [-0.4, -0.2) is 13.2 Å². The molecule has 1 aliphatic carbocycles. The van der Waals surface area contributed by atoms with Gasteiger partial charge in [0.25, 0.3) is 0 Å². The van der Waals surface area contributed by atoms with Crippen molar-refractivity contribution in [3.05, 3.63) is 35.3 Å². The van der Waals surface area contributed by atoms with Crippen LogP contribution in [0.2, 0.25) is 0 Å². The molecule has 2 atom stereocenters. The van der Waals surface area contributed by atoms with Gasteiger partial charge in [0.05, 0.1) is 19.8 Å². The Hall–Kier alpha value is -1.06. The molecule has 0 aliphatic heterocycles. The lowest BCUT2D eigenvalue weighted by molar-refractivity contribution is 0.0674. The van der Waals surface area contributed by atoms with Gasteiger partial charge in [-0.3, -0.25) is 0 Å². The molecule has 1 aliphatic rings. The van der Waals surface area contributed by atoms with Gasteiger partial charge >= 0.3 is 0 Å². The summed E-state index contributed by atoms with van der Waals surface area (Å²) in [6.45, 7) is 9.85. The van der Waals surface area contributed by atoms with E-state index in [9.17, 15) is 0 Å². The fraction of sp³-hybridized carbons (Fsp3) is 0.667. The van der Waals surface area contributed by atoms with Gasteiger partial charge in [0.2, 0.25) is 0 Å². The first-order valence-electron chi connectivity index (χ1n) is 8.22. The molecule has 2 rings (SSSR count). The maximum Gasteiger partial charge on any atom is 0.118 e. The first-order valence-corrected chi connectivity index (χ1v) is 8.22. The van der Waals surface area contributed by atoms with E-state index in [-0.39, 0.29) is 0 Å². The summed E-state index contributed by atoms with van der Waals surface area (Å²) in [6.07, 6.45) is 8.05. The maximum atomic E-state index is 5.94. The van der Waals surface area contributed by atoms with Crippen LogP contribution in [0.4, 0.5) is 0 Å². The van der Waals surface area contributed by atoms with Crippen LogP contribution in [0.5, 0.6) is 0 Å². The van der Waals surface area contributed by atoms with E-state index in [0.717, 1.165) is 50.0 Å². The predicted octanol–water partition coefficient (Wildman–Crippen LogP) is 4.21. The van der Waals surface area contributed by atoms with E-state index in [1.165, 1.54) is 12.0 Å². The summed E-state index contributed by atoms with van der Waals surface area (Å²) < 4.78 is 11.7. The highest BCUT2D eigenvalue weighted by molar-refractivity contribution is 5.19. The minimum Gasteiger partial charge on any atom is -0.465 e. The lowest BCUT2D eigenvalue weighted by Crippen LogP contribution is -2.19. The summed E-state index contributed by atoms with van der Waals surface area (Å²) in [5, 5.41) is 3.36. The molecule has 2 unspecified atom stereocenters. The van der Waals surface area contributed by atoms with Crippen molar-refractivity contribution < 1.29 is 9.15 Å². The third-order valence-electron chi connectivity index (χ3n) is 4.31. The Morgan fingerprint density at radius 2 is 2.14 bits per heavy atom. The van der Waals surface area contributed by atoms with Crippen molar-refractivity contribution in [1.29, 1.82) is 0 Å². The second-order valence-electron chi connectivity index (χ2n) is 6.17. The Bertz CT molecular complexity index is 450. The first-order chi connectivity index (χ1) is 10.2. The van der Waals surface area contributed by atoms with Gasteiger partial charge in [0, 0.05) is 5.56 Å². The smallest absolute Gasteiger partial charge is 0.118 e. The van der Waals surface area contributed by atoms with Crippen LogP contribution in [-0.2, 0) is 17.9 Å². The minimum absolute atomic E-state index is 0.660. The summed E-state index contributed by atoms with van der Waals surface area (Å²) in [5.41, 5.74) is 1.18. The van der Waals surface area contributed by atoms with E-state index < -0.39 is 0 Å². The third-order valence-corrected chi connectivity index (χ3v) is 4.31. The summed E-state index contributed by atoms with van der Waals surface area (Å²) in [5.74, 6) is 3.38.